The van der Waals surface area contributed by atoms with Crippen molar-refractivity contribution in [2.75, 3.05) is 18.0 Å². The minimum Gasteiger partial charge on any atom is -0.444 e. The number of anilines is 1. The standard InChI is InChI=1S/C16H23N3O2/c1-11-5-6-14(17-8-11)18-9-12-7-13(10-18)19(12)15(20)21-16(2,3)4/h5-6,8,12-13H,7,9-10H2,1-4H3. The van der Waals surface area contributed by atoms with Gasteiger partial charge in [0.25, 0.3) is 0 Å². The van der Waals surface area contributed by atoms with Crippen LogP contribution in [-0.2, 0) is 4.74 Å². The molecule has 0 N–H and O–H groups in total. The minimum absolute atomic E-state index is 0.180. The van der Waals surface area contributed by atoms with Gasteiger partial charge in [-0.1, -0.05) is 6.07 Å². The second-order valence-electron chi connectivity index (χ2n) is 7.03. The number of aromatic nitrogens is 1. The summed E-state index contributed by atoms with van der Waals surface area (Å²) in [6.45, 7) is 9.43. The fraction of sp³-hybridized carbons (Fsp3) is 0.625. The highest BCUT2D eigenvalue weighted by molar-refractivity contribution is 5.71. The van der Waals surface area contributed by atoms with Gasteiger partial charge in [0.2, 0.25) is 0 Å². The first kappa shape index (κ1) is 14.2. The van der Waals surface area contributed by atoms with E-state index in [0.29, 0.717) is 0 Å². The number of pyridine rings is 1. The van der Waals surface area contributed by atoms with Gasteiger partial charge in [-0.3, -0.25) is 4.90 Å². The highest BCUT2D eigenvalue weighted by atomic mass is 16.6. The molecule has 3 saturated heterocycles. The van der Waals surface area contributed by atoms with Gasteiger partial charge in [-0.2, -0.15) is 0 Å². The normalized spacial score (nSPS) is 24.6. The number of hydrogen-bond donors (Lipinski definition) is 0. The van der Waals surface area contributed by atoms with Crippen LogP contribution in [-0.4, -0.2) is 46.8 Å². The van der Waals surface area contributed by atoms with Crippen LogP contribution in [0.5, 0.6) is 0 Å². The highest BCUT2D eigenvalue weighted by Crippen LogP contribution is 2.35. The fourth-order valence-corrected chi connectivity index (χ4v) is 3.06. The third kappa shape index (κ3) is 2.82. The van der Waals surface area contributed by atoms with E-state index in [9.17, 15) is 4.79 Å². The molecular weight excluding hydrogens is 266 g/mol. The van der Waals surface area contributed by atoms with Gasteiger partial charge in [0, 0.05) is 19.3 Å². The van der Waals surface area contributed by atoms with Crippen LogP contribution in [0.2, 0.25) is 0 Å². The summed E-state index contributed by atoms with van der Waals surface area (Å²) in [5.41, 5.74) is 0.732. The number of amides is 1. The van der Waals surface area contributed by atoms with Crippen LogP contribution in [0.4, 0.5) is 10.6 Å². The lowest BCUT2D eigenvalue weighted by molar-refractivity contribution is -0.0380. The summed E-state index contributed by atoms with van der Waals surface area (Å²) in [4.78, 5) is 20.9. The molecule has 0 radical (unpaired) electrons. The molecule has 2 unspecified atom stereocenters. The van der Waals surface area contributed by atoms with E-state index in [-0.39, 0.29) is 18.2 Å². The monoisotopic (exact) mass is 289 g/mol. The molecule has 3 aliphatic rings. The van der Waals surface area contributed by atoms with Crippen LogP contribution in [0.25, 0.3) is 0 Å². The van der Waals surface area contributed by atoms with E-state index in [4.69, 9.17) is 4.74 Å². The number of nitrogens with zero attached hydrogens (tertiary/aromatic N) is 3. The van der Waals surface area contributed by atoms with Gasteiger partial charge in [-0.25, -0.2) is 9.78 Å². The van der Waals surface area contributed by atoms with Crippen molar-refractivity contribution in [1.29, 1.82) is 0 Å². The molecule has 5 heteroatoms. The molecule has 1 aromatic rings. The molecule has 1 aromatic heterocycles. The maximum absolute atomic E-state index is 12.2. The number of fused-ring (bicyclic) bond motifs is 2. The molecule has 5 nitrogen and oxygen atoms in total. The van der Waals surface area contributed by atoms with Gasteiger partial charge in [0.15, 0.2) is 0 Å². The van der Waals surface area contributed by atoms with E-state index in [2.05, 4.69) is 22.0 Å². The first-order chi connectivity index (χ1) is 9.83. The Labute approximate surface area is 125 Å². The number of piperidine rings is 1. The Kier molecular flexibility index (Phi) is 3.30. The fourth-order valence-electron chi connectivity index (χ4n) is 3.06. The lowest BCUT2D eigenvalue weighted by Gasteiger charge is -2.56. The van der Waals surface area contributed by atoms with Gasteiger partial charge < -0.3 is 9.64 Å². The van der Waals surface area contributed by atoms with Crippen LogP contribution in [0.1, 0.15) is 32.8 Å². The second kappa shape index (κ2) is 4.90. The number of carbonyl (C=O) groups is 1. The zero-order chi connectivity index (χ0) is 15.2. The zero-order valence-electron chi connectivity index (χ0n) is 13.2. The number of rotatable bonds is 1. The third-order valence-corrected chi connectivity index (χ3v) is 4.02. The van der Waals surface area contributed by atoms with Gasteiger partial charge >= 0.3 is 6.09 Å². The molecule has 0 aliphatic carbocycles. The van der Waals surface area contributed by atoms with Crippen molar-refractivity contribution < 1.29 is 9.53 Å². The van der Waals surface area contributed by atoms with Crippen LogP contribution < -0.4 is 4.90 Å². The summed E-state index contributed by atoms with van der Waals surface area (Å²) in [6.07, 6.45) is 2.78. The molecule has 21 heavy (non-hydrogen) atoms. The molecule has 4 rings (SSSR count). The molecule has 4 heterocycles. The van der Waals surface area contributed by atoms with Gasteiger partial charge in [-0.15, -0.1) is 0 Å². The SMILES string of the molecule is Cc1ccc(N2CC3CC(C2)N3C(=O)OC(C)(C)C)nc1. The first-order valence-corrected chi connectivity index (χ1v) is 7.52. The summed E-state index contributed by atoms with van der Waals surface area (Å²) in [7, 11) is 0. The maximum atomic E-state index is 12.2. The predicted molar refractivity (Wildman–Crippen MR) is 81.5 cm³/mol. The Bertz CT molecular complexity index is 523. The van der Waals surface area contributed by atoms with Crippen LogP contribution >= 0.6 is 0 Å². The summed E-state index contributed by atoms with van der Waals surface area (Å²) in [5, 5.41) is 0. The Morgan fingerprint density at radius 1 is 1.29 bits per heavy atom. The first-order valence-electron chi connectivity index (χ1n) is 7.52. The molecule has 0 spiro atoms. The zero-order valence-corrected chi connectivity index (χ0v) is 13.2. The molecule has 114 valence electrons. The number of ether oxygens (including phenoxy) is 1. The van der Waals surface area contributed by atoms with Crippen molar-refractivity contribution in [3.05, 3.63) is 23.9 Å². The summed E-state index contributed by atoms with van der Waals surface area (Å²) in [5.74, 6) is 0.999. The topological polar surface area (TPSA) is 45.7 Å². The Hall–Kier alpha value is -1.78. The Balaban J connectivity index is 1.64. The van der Waals surface area contributed by atoms with Crippen molar-refractivity contribution in [1.82, 2.24) is 9.88 Å². The number of hydrogen-bond acceptors (Lipinski definition) is 4. The number of aryl methyl sites for hydroxylation is 1. The molecule has 1 amide bonds. The maximum Gasteiger partial charge on any atom is 0.410 e. The second-order valence-corrected chi connectivity index (χ2v) is 7.03. The molecule has 3 fully saturated rings. The lowest BCUT2D eigenvalue weighted by atomic mass is 9.88. The van der Waals surface area contributed by atoms with E-state index >= 15 is 0 Å². The lowest BCUT2D eigenvalue weighted by Crippen LogP contribution is -2.70. The van der Waals surface area contributed by atoms with Crippen molar-refractivity contribution >= 4 is 11.9 Å². The van der Waals surface area contributed by atoms with E-state index < -0.39 is 5.60 Å². The van der Waals surface area contributed by atoms with Crippen molar-refractivity contribution in [3.8, 4) is 0 Å². The van der Waals surface area contributed by atoms with E-state index in [1.807, 2.05) is 38.8 Å². The molecule has 2 bridgehead atoms. The van der Waals surface area contributed by atoms with Crippen molar-refractivity contribution in [2.45, 2.75) is 51.8 Å². The van der Waals surface area contributed by atoms with Gasteiger partial charge in [0.05, 0.1) is 12.1 Å². The third-order valence-electron chi connectivity index (χ3n) is 4.02. The average molecular weight is 289 g/mol. The largest absolute Gasteiger partial charge is 0.444 e. The Morgan fingerprint density at radius 3 is 2.48 bits per heavy atom. The van der Waals surface area contributed by atoms with E-state index in [0.717, 1.165) is 30.9 Å². The van der Waals surface area contributed by atoms with Gasteiger partial charge in [0.1, 0.15) is 11.4 Å². The quantitative estimate of drug-likeness (QED) is 0.797. The average Bonchev–Trinajstić information content (AvgIpc) is 2.37. The van der Waals surface area contributed by atoms with Crippen molar-refractivity contribution in [2.24, 2.45) is 0 Å². The van der Waals surface area contributed by atoms with E-state index in [1.54, 1.807) is 0 Å². The molecular formula is C16H23N3O2. The number of carbonyl (C=O) groups excluding carboxylic acids is 1. The molecule has 0 aromatic carbocycles. The van der Waals surface area contributed by atoms with Gasteiger partial charge in [-0.05, 0) is 45.7 Å². The highest BCUT2D eigenvalue weighted by Gasteiger charge is 2.48. The van der Waals surface area contributed by atoms with Crippen LogP contribution in [0.3, 0.4) is 0 Å². The molecule has 0 saturated carbocycles. The summed E-state index contributed by atoms with van der Waals surface area (Å²) >= 11 is 0. The van der Waals surface area contributed by atoms with Crippen LogP contribution in [0.15, 0.2) is 18.3 Å². The van der Waals surface area contributed by atoms with Crippen molar-refractivity contribution in [3.63, 3.8) is 0 Å². The number of piperazine rings is 1. The predicted octanol–water partition coefficient (Wildman–Crippen LogP) is 2.59. The summed E-state index contributed by atoms with van der Waals surface area (Å²) in [6, 6.07) is 4.63. The summed E-state index contributed by atoms with van der Waals surface area (Å²) < 4.78 is 5.49. The van der Waals surface area contributed by atoms with E-state index in [1.165, 1.54) is 0 Å². The van der Waals surface area contributed by atoms with Crippen LogP contribution in [0, 0.1) is 6.92 Å². The smallest absolute Gasteiger partial charge is 0.410 e. The Morgan fingerprint density at radius 2 is 1.95 bits per heavy atom. The molecule has 2 atom stereocenters. The minimum atomic E-state index is -0.431. The molecule has 3 aliphatic heterocycles.